The molecule has 0 saturated heterocycles. The minimum absolute atomic E-state index is 0.00885. The average Bonchev–Trinajstić information content (AvgIpc) is 3.07. The van der Waals surface area contributed by atoms with Crippen LogP contribution in [0.25, 0.3) is 0 Å². The maximum Gasteiger partial charge on any atom is 0.225 e. The maximum absolute atomic E-state index is 11.5. The summed E-state index contributed by atoms with van der Waals surface area (Å²) in [6.45, 7) is 4.75. The zero-order valence-corrected chi connectivity index (χ0v) is 13.0. The molecule has 7 nitrogen and oxygen atoms in total. The Bertz CT molecular complexity index is 595. The molecule has 0 fully saturated rings. The molecule has 2 heterocycles. The molecule has 1 amide bonds. The summed E-state index contributed by atoms with van der Waals surface area (Å²) >= 11 is 1.45. The van der Waals surface area contributed by atoms with Gasteiger partial charge in [-0.05, 0) is 19.8 Å². The van der Waals surface area contributed by atoms with E-state index in [1.165, 1.54) is 18.3 Å². The molecule has 2 aromatic rings. The van der Waals surface area contributed by atoms with Gasteiger partial charge in [0.1, 0.15) is 0 Å². The number of nitrogens with zero attached hydrogens (tertiary/aromatic N) is 5. The molecule has 2 rings (SSSR count). The number of hydrogen-bond donors (Lipinski definition) is 1. The van der Waals surface area contributed by atoms with Crippen molar-refractivity contribution in [3.05, 3.63) is 23.0 Å². The summed E-state index contributed by atoms with van der Waals surface area (Å²) in [4.78, 5) is 17.6. The van der Waals surface area contributed by atoms with E-state index in [1.807, 2.05) is 18.5 Å². The maximum atomic E-state index is 11.5. The molecule has 0 spiro atoms. The van der Waals surface area contributed by atoms with Gasteiger partial charge in [-0.2, -0.15) is 0 Å². The Morgan fingerprint density at radius 2 is 2.29 bits per heavy atom. The minimum atomic E-state index is -0.00885. The number of anilines is 1. The number of carbonyl (C=O) groups is 1. The van der Waals surface area contributed by atoms with Crippen molar-refractivity contribution >= 4 is 22.4 Å². The second-order valence-corrected chi connectivity index (χ2v) is 5.46. The van der Waals surface area contributed by atoms with Crippen LogP contribution in [0.15, 0.2) is 11.6 Å². The highest BCUT2D eigenvalue weighted by Crippen LogP contribution is 2.21. The highest BCUT2D eigenvalue weighted by Gasteiger charge is 2.13. The van der Waals surface area contributed by atoms with Gasteiger partial charge in [-0.1, -0.05) is 5.21 Å². The fourth-order valence-corrected chi connectivity index (χ4v) is 2.87. The average molecular weight is 309 g/mol. The van der Waals surface area contributed by atoms with Gasteiger partial charge in [0.15, 0.2) is 5.13 Å². The van der Waals surface area contributed by atoms with E-state index in [1.54, 1.807) is 9.58 Å². The smallest absolute Gasteiger partial charge is 0.225 e. The van der Waals surface area contributed by atoms with Crippen molar-refractivity contribution in [1.29, 1.82) is 0 Å². The molecule has 0 aliphatic carbocycles. The molecular weight excluding hydrogens is 290 g/mol. The Kier molecular flexibility index (Phi) is 5.40. The molecule has 0 aromatic carbocycles. The van der Waals surface area contributed by atoms with Gasteiger partial charge in [0.05, 0.1) is 17.9 Å². The Balaban J connectivity index is 2.02. The van der Waals surface area contributed by atoms with Gasteiger partial charge in [-0.25, -0.2) is 9.67 Å². The van der Waals surface area contributed by atoms with Crippen molar-refractivity contribution in [1.82, 2.24) is 20.0 Å². The van der Waals surface area contributed by atoms with Gasteiger partial charge in [-0.15, -0.1) is 16.4 Å². The number of aliphatic hydroxyl groups excluding tert-OH is 1. The third-order valence-corrected chi connectivity index (χ3v) is 3.88. The van der Waals surface area contributed by atoms with E-state index in [4.69, 9.17) is 5.11 Å². The fraction of sp³-hybridized carbons (Fsp3) is 0.538. The molecule has 0 aliphatic rings. The summed E-state index contributed by atoms with van der Waals surface area (Å²) in [6.07, 6.45) is 3.26. The zero-order chi connectivity index (χ0) is 15.2. The predicted octanol–water partition coefficient (Wildman–Crippen LogP) is 1.08. The second kappa shape index (κ2) is 7.28. The summed E-state index contributed by atoms with van der Waals surface area (Å²) in [6, 6.07) is 0. The number of amides is 1. The topological polar surface area (TPSA) is 84.1 Å². The first-order valence-corrected chi connectivity index (χ1v) is 7.74. The molecule has 0 aliphatic heterocycles. The van der Waals surface area contributed by atoms with Crippen molar-refractivity contribution in [3.8, 4) is 0 Å². The lowest BCUT2D eigenvalue weighted by molar-refractivity contribution is -0.116. The van der Waals surface area contributed by atoms with Crippen molar-refractivity contribution in [2.75, 3.05) is 18.1 Å². The van der Waals surface area contributed by atoms with E-state index in [0.29, 0.717) is 31.1 Å². The van der Waals surface area contributed by atoms with Crippen LogP contribution in [0.2, 0.25) is 0 Å². The molecule has 0 unspecified atom stereocenters. The van der Waals surface area contributed by atoms with E-state index in [0.717, 1.165) is 11.4 Å². The Hall–Kier alpha value is -1.80. The first-order valence-electron chi connectivity index (χ1n) is 6.86. The molecule has 8 heteroatoms. The van der Waals surface area contributed by atoms with Crippen LogP contribution < -0.4 is 4.90 Å². The van der Waals surface area contributed by atoms with E-state index in [9.17, 15) is 4.79 Å². The van der Waals surface area contributed by atoms with Gasteiger partial charge in [-0.3, -0.25) is 9.69 Å². The zero-order valence-electron chi connectivity index (χ0n) is 12.2. The number of thiazole rings is 1. The first-order chi connectivity index (χ1) is 10.1. The van der Waals surface area contributed by atoms with Gasteiger partial charge < -0.3 is 5.11 Å². The summed E-state index contributed by atoms with van der Waals surface area (Å²) in [5.74, 6) is -0.00885. The molecule has 2 aromatic heterocycles. The lowest BCUT2D eigenvalue weighted by Crippen LogP contribution is -2.27. The summed E-state index contributed by atoms with van der Waals surface area (Å²) in [7, 11) is 0. The van der Waals surface area contributed by atoms with Crippen LogP contribution in [-0.2, 0) is 17.8 Å². The van der Waals surface area contributed by atoms with Crippen LogP contribution in [0, 0.1) is 0 Å². The van der Waals surface area contributed by atoms with Crippen LogP contribution in [0.1, 0.15) is 31.7 Å². The van der Waals surface area contributed by atoms with E-state index >= 15 is 0 Å². The van der Waals surface area contributed by atoms with E-state index < -0.39 is 0 Å². The van der Waals surface area contributed by atoms with Crippen molar-refractivity contribution in [2.24, 2.45) is 0 Å². The number of hydrogen-bond acceptors (Lipinski definition) is 6. The predicted molar refractivity (Wildman–Crippen MR) is 80.3 cm³/mol. The van der Waals surface area contributed by atoms with E-state index in [-0.39, 0.29) is 12.5 Å². The monoisotopic (exact) mass is 309 g/mol. The van der Waals surface area contributed by atoms with Gasteiger partial charge in [0.2, 0.25) is 5.91 Å². The Morgan fingerprint density at radius 3 is 2.95 bits per heavy atom. The van der Waals surface area contributed by atoms with Crippen molar-refractivity contribution < 1.29 is 9.90 Å². The molecule has 1 N–H and O–H groups in total. The van der Waals surface area contributed by atoms with Crippen LogP contribution in [0.4, 0.5) is 5.13 Å². The molecule has 0 radical (unpaired) electrons. The molecule has 0 bridgehead atoms. The lowest BCUT2D eigenvalue weighted by Gasteiger charge is -2.14. The Morgan fingerprint density at radius 1 is 1.48 bits per heavy atom. The SMILES string of the molecule is CCN(C(C)=O)c1nc(Cn2cc(CCCO)nn2)cs1. The number of carbonyl (C=O) groups excluding carboxylic acids is 1. The third kappa shape index (κ3) is 4.08. The number of rotatable bonds is 7. The molecule has 21 heavy (non-hydrogen) atoms. The quantitative estimate of drug-likeness (QED) is 0.827. The molecule has 0 saturated carbocycles. The summed E-state index contributed by atoms with van der Waals surface area (Å²) in [5, 5.41) is 19.5. The number of aromatic nitrogens is 4. The third-order valence-electron chi connectivity index (χ3n) is 2.97. The largest absolute Gasteiger partial charge is 0.396 e. The standard InChI is InChI=1S/C13H19N5O2S/c1-3-18(10(2)20)13-14-12(9-21-13)8-17-7-11(15-16-17)5-4-6-19/h7,9,19H,3-6,8H2,1-2H3. The molecule has 114 valence electrons. The van der Waals surface area contributed by atoms with Crippen LogP contribution in [-0.4, -0.2) is 44.1 Å². The highest BCUT2D eigenvalue weighted by atomic mass is 32.1. The van der Waals surface area contributed by atoms with Gasteiger partial charge in [0, 0.05) is 31.7 Å². The number of aryl methyl sites for hydroxylation is 1. The van der Waals surface area contributed by atoms with Crippen LogP contribution >= 0.6 is 11.3 Å². The number of aliphatic hydroxyl groups is 1. The van der Waals surface area contributed by atoms with Crippen molar-refractivity contribution in [2.45, 2.75) is 33.2 Å². The highest BCUT2D eigenvalue weighted by molar-refractivity contribution is 7.14. The molecule has 0 atom stereocenters. The second-order valence-electron chi connectivity index (χ2n) is 4.62. The van der Waals surface area contributed by atoms with Crippen LogP contribution in [0.3, 0.4) is 0 Å². The Labute approximate surface area is 127 Å². The molecular formula is C13H19N5O2S. The van der Waals surface area contributed by atoms with Crippen LogP contribution in [0.5, 0.6) is 0 Å². The fourth-order valence-electron chi connectivity index (χ4n) is 1.94. The lowest BCUT2D eigenvalue weighted by atomic mass is 10.3. The summed E-state index contributed by atoms with van der Waals surface area (Å²) < 4.78 is 1.72. The van der Waals surface area contributed by atoms with Gasteiger partial charge in [0.25, 0.3) is 0 Å². The first kappa shape index (κ1) is 15.6. The van der Waals surface area contributed by atoms with E-state index in [2.05, 4.69) is 15.3 Å². The van der Waals surface area contributed by atoms with Crippen molar-refractivity contribution in [3.63, 3.8) is 0 Å². The normalized spacial score (nSPS) is 10.8. The van der Waals surface area contributed by atoms with Gasteiger partial charge >= 0.3 is 0 Å². The minimum Gasteiger partial charge on any atom is -0.396 e. The summed E-state index contributed by atoms with van der Waals surface area (Å²) in [5.41, 5.74) is 1.71.